The second-order valence-corrected chi connectivity index (χ2v) is 7.67. The molecule has 7 heteroatoms. The summed E-state index contributed by atoms with van der Waals surface area (Å²) in [6.07, 6.45) is 1.58. The van der Waals surface area contributed by atoms with Crippen LogP contribution in [0, 0.1) is 5.92 Å². The van der Waals surface area contributed by atoms with Gasteiger partial charge in [-0.2, -0.15) is 0 Å². The molecule has 1 aromatic carbocycles. The minimum absolute atomic E-state index is 0.0314. The lowest BCUT2D eigenvalue weighted by Gasteiger charge is -2.33. The van der Waals surface area contributed by atoms with Crippen LogP contribution >= 0.6 is 0 Å². The Morgan fingerprint density at radius 1 is 0.967 bits per heavy atom. The molecule has 30 heavy (non-hydrogen) atoms. The number of nitrogens with zero attached hydrogens (tertiary/aromatic N) is 3. The van der Waals surface area contributed by atoms with Crippen molar-refractivity contribution in [3.05, 3.63) is 29.8 Å². The summed E-state index contributed by atoms with van der Waals surface area (Å²) in [6.45, 7) is 12.5. The van der Waals surface area contributed by atoms with Gasteiger partial charge in [0.2, 0.25) is 11.8 Å². The molecule has 3 amide bonds. The third-order valence-corrected chi connectivity index (χ3v) is 5.82. The lowest BCUT2D eigenvalue weighted by atomic mass is 9.95. The molecule has 2 rings (SSSR count). The molecule has 0 radical (unpaired) electrons. The Hall–Kier alpha value is -2.41. The van der Waals surface area contributed by atoms with E-state index in [0.29, 0.717) is 30.9 Å². The maximum absolute atomic E-state index is 12.5. The molecule has 0 unspecified atom stereocenters. The Morgan fingerprint density at radius 3 is 2.13 bits per heavy atom. The summed E-state index contributed by atoms with van der Waals surface area (Å²) in [5, 5.41) is 2.90. The minimum Gasteiger partial charge on any atom is -0.343 e. The summed E-state index contributed by atoms with van der Waals surface area (Å²) < 4.78 is 0. The van der Waals surface area contributed by atoms with E-state index in [0.717, 1.165) is 39.0 Å². The Bertz CT molecular complexity index is 721. The normalized spacial score (nSPS) is 14.9. The molecule has 1 aliphatic rings. The molecule has 0 saturated carbocycles. The van der Waals surface area contributed by atoms with Gasteiger partial charge in [0.05, 0.1) is 6.54 Å². The second kappa shape index (κ2) is 11.7. The molecule has 166 valence electrons. The molecule has 1 heterocycles. The number of likely N-dealkylation sites (tertiary alicyclic amines) is 1. The first-order valence-electron chi connectivity index (χ1n) is 11.1. The number of rotatable bonds is 9. The molecule has 7 nitrogen and oxygen atoms in total. The van der Waals surface area contributed by atoms with E-state index < -0.39 is 0 Å². The molecule has 1 fully saturated rings. The van der Waals surface area contributed by atoms with E-state index in [1.165, 1.54) is 0 Å². The van der Waals surface area contributed by atoms with Gasteiger partial charge in [0, 0.05) is 43.3 Å². The first kappa shape index (κ1) is 23.9. The third-order valence-electron chi connectivity index (χ3n) is 5.82. The van der Waals surface area contributed by atoms with Gasteiger partial charge >= 0.3 is 0 Å². The zero-order chi connectivity index (χ0) is 22.1. The van der Waals surface area contributed by atoms with Gasteiger partial charge in [0.15, 0.2) is 0 Å². The maximum atomic E-state index is 12.5. The van der Waals surface area contributed by atoms with Crippen LogP contribution in [-0.4, -0.2) is 78.2 Å². The van der Waals surface area contributed by atoms with Crippen LogP contribution in [0.25, 0.3) is 0 Å². The largest absolute Gasteiger partial charge is 0.343 e. The topological polar surface area (TPSA) is 73.0 Å². The maximum Gasteiger partial charge on any atom is 0.253 e. The van der Waals surface area contributed by atoms with Crippen LogP contribution < -0.4 is 5.32 Å². The number of hydrogen-bond acceptors (Lipinski definition) is 4. The number of carbonyl (C=O) groups excluding carboxylic acids is 3. The molecule has 1 aromatic rings. The van der Waals surface area contributed by atoms with Crippen LogP contribution in [0.2, 0.25) is 0 Å². The van der Waals surface area contributed by atoms with Crippen LogP contribution in [0.3, 0.4) is 0 Å². The quantitative estimate of drug-likeness (QED) is 0.672. The molecule has 0 atom stereocenters. The fraction of sp³-hybridized carbons (Fsp3) is 0.609. The van der Waals surface area contributed by atoms with Crippen molar-refractivity contribution in [3.8, 4) is 0 Å². The molecule has 0 aliphatic carbocycles. The van der Waals surface area contributed by atoms with E-state index in [2.05, 4.69) is 10.2 Å². The van der Waals surface area contributed by atoms with Gasteiger partial charge in [-0.15, -0.1) is 0 Å². The number of hydrogen-bond donors (Lipinski definition) is 1. The minimum atomic E-state index is -0.101. The van der Waals surface area contributed by atoms with E-state index >= 15 is 0 Å². The summed E-state index contributed by atoms with van der Waals surface area (Å²) >= 11 is 0. The van der Waals surface area contributed by atoms with Crippen molar-refractivity contribution in [1.82, 2.24) is 14.7 Å². The molecule has 1 saturated heterocycles. The number of carbonyl (C=O) groups is 3. The highest BCUT2D eigenvalue weighted by molar-refractivity contribution is 5.97. The van der Waals surface area contributed by atoms with Gasteiger partial charge in [-0.3, -0.25) is 19.3 Å². The SMILES string of the molecule is CCN(CC)C(=O)c1cccc(NC(=O)CN2CCC(C(=O)N(CC)CC)CC2)c1. The van der Waals surface area contributed by atoms with E-state index in [1.807, 2.05) is 32.6 Å². The van der Waals surface area contributed by atoms with E-state index in [1.54, 1.807) is 29.2 Å². The lowest BCUT2D eigenvalue weighted by Crippen LogP contribution is -2.44. The molecule has 1 aliphatic heterocycles. The first-order chi connectivity index (χ1) is 14.4. The number of benzene rings is 1. The van der Waals surface area contributed by atoms with Gasteiger partial charge in [0.1, 0.15) is 0 Å². The summed E-state index contributed by atoms with van der Waals surface area (Å²) in [5.74, 6) is 0.165. The van der Waals surface area contributed by atoms with Crippen molar-refractivity contribution in [2.45, 2.75) is 40.5 Å². The van der Waals surface area contributed by atoms with Gasteiger partial charge in [-0.1, -0.05) is 6.07 Å². The van der Waals surface area contributed by atoms with Gasteiger partial charge in [0.25, 0.3) is 5.91 Å². The fourth-order valence-electron chi connectivity index (χ4n) is 3.96. The van der Waals surface area contributed by atoms with E-state index in [-0.39, 0.29) is 23.6 Å². The highest BCUT2D eigenvalue weighted by atomic mass is 16.2. The highest BCUT2D eigenvalue weighted by Gasteiger charge is 2.28. The number of piperidine rings is 1. The van der Waals surface area contributed by atoms with E-state index in [4.69, 9.17) is 0 Å². The Labute approximate surface area is 180 Å². The van der Waals surface area contributed by atoms with Crippen LogP contribution in [-0.2, 0) is 9.59 Å². The Morgan fingerprint density at radius 2 is 1.57 bits per heavy atom. The predicted octanol–water partition coefficient (Wildman–Crippen LogP) is 2.69. The second-order valence-electron chi connectivity index (χ2n) is 7.67. The summed E-state index contributed by atoms with van der Waals surface area (Å²) in [5.41, 5.74) is 1.21. The molecular formula is C23H36N4O3. The number of amides is 3. The molecule has 1 N–H and O–H groups in total. The van der Waals surface area contributed by atoms with Crippen molar-refractivity contribution < 1.29 is 14.4 Å². The van der Waals surface area contributed by atoms with Crippen LogP contribution in [0.1, 0.15) is 50.9 Å². The average molecular weight is 417 g/mol. The van der Waals surface area contributed by atoms with Crippen LogP contribution in [0.5, 0.6) is 0 Å². The van der Waals surface area contributed by atoms with E-state index in [9.17, 15) is 14.4 Å². The van der Waals surface area contributed by atoms with Crippen molar-refractivity contribution in [2.75, 3.05) is 51.1 Å². The first-order valence-corrected chi connectivity index (χ1v) is 11.1. The molecule has 0 bridgehead atoms. The number of anilines is 1. The third kappa shape index (κ3) is 6.29. The summed E-state index contributed by atoms with van der Waals surface area (Å²) in [7, 11) is 0. The van der Waals surface area contributed by atoms with Crippen molar-refractivity contribution >= 4 is 23.4 Å². The average Bonchev–Trinajstić information content (AvgIpc) is 2.76. The zero-order valence-electron chi connectivity index (χ0n) is 18.8. The van der Waals surface area contributed by atoms with Crippen molar-refractivity contribution in [2.24, 2.45) is 5.92 Å². The summed E-state index contributed by atoms with van der Waals surface area (Å²) in [4.78, 5) is 43.3. The monoisotopic (exact) mass is 416 g/mol. The smallest absolute Gasteiger partial charge is 0.253 e. The van der Waals surface area contributed by atoms with Crippen molar-refractivity contribution in [1.29, 1.82) is 0 Å². The van der Waals surface area contributed by atoms with Crippen molar-refractivity contribution in [3.63, 3.8) is 0 Å². The molecule has 0 spiro atoms. The predicted molar refractivity (Wildman–Crippen MR) is 119 cm³/mol. The standard InChI is InChI=1S/C23H36N4O3/c1-5-26(6-2)22(29)18-12-14-25(15-13-18)17-21(28)24-20-11-9-10-19(16-20)23(30)27(7-3)8-4/h9-11,16,18H,5-8,12-15,17H2,1-4H3,(H,24,28). The summed E-state index contributed by atoms with van der Waals surface area (Å²) in [6, 6.07) is 7.09. The Kier molecular flexibility index (Phi) is 9.30. The lowest BCUT2D eigenvalue weighted by molar-refractivity contribution is -0.136. The Balaban J connectivity index is 1.86. The zero-order valence-corrected chi connectivity index (χ0v) is 18.8. The van der Waals surface area contributed by atoms with Crippen LogP contribution in [0.4, 0.5) is 5.69 Å². The van der Waals surface area contributed by atoms with Gasteiger partial charge in [-0.25, -0.2) is 0 Å². The fourth-order valence-corrected chi connectivity index (χ4v) is 3.96. The molecular weight excluding hydrogens is 380 g/mol. The van der Waals surface area contributed by atoms with Gasteiger partial charge in [-0.05, 0) is 71.8 Å². The van der Waals surface area contributed by atoms with Gasteiger partial charge < -0.3 is 15.1 Å². The molecule has 0 aromatic heterocycles. The van der Waals surface area contributed by atoms with Crippen LogP contribution in [0.15, 0.2) is 24.3 Å². The highest BCUT2D eigenvalue weighted by Crippen LogP contribution is 2.20. The number of nitrogens with one attached hydrogen (secondary N) is 1.